The fourth-order valence-corrected chi connectivity index (χ4v) is 2.58. The molecule has 0 saturated carbocycles. The Bertz CT molecular complexity index is 538. The smallest absolute Gasteiger partial charge is 0.110 e. The van der Waals surface area contributed by atoms with Crippen LogP contribution in [0.1, 0.15) is 24.6 Å². The molecule has 1 aliphatic rings. The quantitative estimate of drug-likeness (QED) is 0.850. The minimum atomic E-state index is 0.585. The molecule has 4 nitrogen and oxygen atoms in total. The van der Waals surface area contributed by atoms with Gasteiger partial charge in [0.1, 0.15) is 5.82 Å². The number of anilines is 1. The van der Waals surface area contributed by atoms with Crippen LogP contribution in [-0.2, 0) is 0 Å². The summed E-state index contributed by atoms with van der Waals surface area (Å²) in [5.41, 5.74) is 3.44. The van der Waals surface area contributed by atoms with Crippen molar-refractivity contribution in [2.24, 2.45) is 0 Å². The highest BCUT2D eigenvalue weighted by Crippen LogP contribution is 2.26. The van der Waals surface area contributed by atoms with Gasteiger partial charge in [0.15, 0.2) is 0 Å². The Balaban J connectivity index is 1.94. The maximum atomic E-state index is 4.73. The van der Waals surface area contributed by atoms with Gasteiger partial charge in [0, 0.05) is 25.7 Å². The average Bonchev–Trinajstić information content (AvgIpc) is 2.82. The molecule has 3 rings (SSSR count). The fourth-order valence-electron chi connectivity index (χ4n) is 2.58. The van der Waals surface area contributed by atoms with Crippen molar-refractivity contribution in [1.29, 1.82) is 0 Å². The van der Waals surface area contributed by atoms with Crippen molar-refractivity contribution in [1.82, 2.24) is 15.3 Å². The minimum absolute atomic E-state index is 0.585. The molecule has 0 atom stereocenters. The average molecular weight is 244 g/mol. The third-order valence-electron chi connectivity index (χ3n) is 3.73. The number of fused-ring (bicyclic) bond motifs is 1. The van der Waals surface area contributed by atoms with E-state index in [1.165, 1.54) is 18.5 Å². The summed E-state index contributed by atoms with van der Waals surface area (Å²) in [7, 11) is 4.12. The van der Waals surface area contributed by atoms with Gasteiger partial charge in [-0.1, -0.05) is 0 Å². The molecule has 2 heterocycles. The first-order chi connectivity index (χ1) is 8.74. The van der Waals surface area contributed by atoms with E-state index in [-0.39, 0.29) is 0 Å². The molecule has 1 aromatic heterocycles. The zero-order valence-corrected chi connectivity index (χ0v) is 11.0. The molecule has 96 valence electrons. The molecular formula is C14H20N4. The molecule has 2 N–H and O–H groups in total. The third-order valence-corrected chi connectivity index (χ3v) is 3.73. The summed E-state index contributed by atoms with van der Waals surface area (Å²) < 4.78 is 0. The van der Waals surface area contributed by atoms with Gasteiger partial charge < -0.3 is 15.2 Å². The zero-order chi connectivity index (χ0) is 12.5. The molecule has 2 aromatic rings. The topological polar surface area (TPSA) is 44.0 Å². The lowest BCUT2D eigenvalue weighted by molar-refractivity contribution is 0.448. The van der Waals surface area contributed by atoms with Crippen molar-refractivity contribution in [2.75, 3.05) is 32.1 Å². The first-order valence-electron chi connectivity index (χ1n) is 6.62. The number of aromatic amines is 1. The highest BCUT2D eigenvalue weighted by Gasteiger charge is 2.18. The maximum absolute atomic E-state index is 4.73. The van der Waals surface area contributed by atoms with Crippen LogP contribution < -0.4 is 10.2 Å². The minimum Gasteiger partial charge on any atom is -0.378 e. The predicted octanol–water partition coefficient (Wildman–Crippen LogP) is 2.10. The van der Waals surface area contributed by atoms with Crippen LogP contribution in [0.5, 0.6) is 0 Å². The zero-order valence-electron chi connectivity index (χ0n) is 11.0. The molecule has 0 bridgehead atoms. The number of rotatable bonds is 2. The number of nitrogens with one attached hydrogen (secondary N) is 2. The number of nitrogens with zero attached hydrogens (tertiary/aromatic N) is 2. The second-order valence-corrected chi connectivity index (χ2v) is 5.24. The highest BCUT2D eigenvalue weighted by molar-refractivity contribution is 5.79. The fraction of sp³-hybridized carbons (Fsp3) is 0.500. The van der Waals surface area contributed by atoms with Gasteiger partial charge in [0.05, 0.1) is 11.0 Å². The summed E-state index contributed by atoms with van der Waals surface area (Å²) in [6.07, 6.45) is 2.36. The summed E-state index contributed by atoms with van der Waals surface area (Å²) in [6, 6.07) is 6.40. The van der Waals surface area contributed by atoms with E-state index in [9.17, 15) is 0 Å². The summed E-state index contributed by atoms with van der Waals surface area (Å²) in [6.45, 7) is 2.20. The molecule has 1 fully saturated rings. The third kappa shape index (κ3) is 2.08. The van der Waals surface area contributed by atoms with Crippen LogP contribution >= 0.6 is 0 Å². The van der Waals surface area contributed by atoms with Crippen molar-refractivity contribution >= 4 is 16.7 Å². The molecule has 1 saturated heterocycles. The Kier molecular flexibility index (Phi) is 2.96. The second kappa shape index (κ2) is 4.61. The van der Waals surface area contributed by atoms with Crippen molar-refractivity contribution in [2.45, 2.75) is 18.8 Å². The van der Waals surface area contributed by atoms with Crippen LogP contribution in [0.2, 0.25) is 0 Å². The van der Waals surface area contributed by atoms with Gasteiger partial charge in [-0.3, -0.25) is 0 Å². The van der Waals surface area contributed by atoms with Crippen molar-refractivity contribution in [3.8, 4) is 0 Å². The van der Waals surface area contributed by atoms with Crippen LogP contribution in [0.25, 0.3) is 11.0 Å². The van der Waals surface area contributed by atoms with E-state index in [4.69, 9.17) is 4.98 Å². The number of aromatic nitrogens is 2. The van der Waals surface area contributed by atoms with E-state index in [0.29, 0.717) is 5.92 Å². The maximum Gasteiger partial charge on any atom is 0.110 e. The summed E-state index contributed by atoms with van der Waals surface area (Å²) in [4.78, 5) is 10.3. The van der Waals surface area contributed by atoms with E-state index in [1.807, 2.05) is 0 Å². The molecule has 0 radical (unpaired) electrons. The first kappa shape index (κ1) is 11.5. The number of hydrogen-bond acceptors (Lipinski definition) is 3. The Morgan fingerprint density at radius 2 is 2.00 bits per heavy atom. The number of imidazole rings is 1. The summed E-state index contributed by atoms with van der Waals surface area (Å²) in [5, 5.41) is 3.39. The lowest BCUT2D eigenvalue weighted by Gasteiger charge is -2.20. The van der Waals surface area contributed by atoms with E-state index < -0.39 is 0 Å². The van der Waals surface area contributed by atoms with Crippen molar-refractivity contribution < 1.29 is 0 Å². The van der Waals surface area contributed by atoms with E-state index in [0.717, 1.165) is 29.9 Å². The van der Waals surface area contributed by atoms with Crippen LogP contribution in [0.3, 0.4) is 0 Å². The van der Waals surface area contributed by atoms with Crippen LogP contribution in [0.15, 0.2) is 18.2 Å². The Hall–Kier alpha value is -1.55. The molecule has 18 heavy (non-hydrogen) atoms. The van der Waals surface area contributed by atoms with Crippen LogP contribution in [0, 0.1) is 0 Å². The van der Waals surface area contributed by atoms with Gasteiger partial charge in [0.2, 0.25) is 0 Å². The van der Waals surface area contributed by atoms with E-state index in [2.05, 4.69) is 47.5 Å². The largest absolute Gasteiger partial charge is 0.378 e. The summed E-state index contributed by atoms with van der Waals surface area (Å²) in [5.74, 6) is 1.74. The molecule has 0 unspecified atom stereocenters. The Morgan fingerprint density at radius 1 is 1.22 bits per heavy atom. The van der Waals surface area contributed by atoms with Crippen LogP contribution in [0.4, 0.5) is 5.69 Å². The van der Waals surface area contributed by atoms with Crippen molar-refractivity contribution in [3.05, 3.63) is 24.0 Å². The van der Waals surface area contributed by atoms with E-state index >= 15 is 0 Å². The second-order valence-electron chi connectivity index (χ2n) is 5.24. The molecule has 1 aromatic carbocycles. The van der Waals surface area contributed by atoms with Gasteiger partial charge in [-0.2, -0.15) is 0 Å². The Morgan fingerprint density at radius 3 is 2.72 bits per heavy atom. The van der Waals surface area contributed by atoms with Gasteiger partial charge in [-0.15, -0.1) is 0 Å². The predicted molar refractivity (Wildman–Crippen MR) is 75.3 cm³/mol. The standard InChI is InChI=1S/C14H20N4/c1-18(2)11-3-4-12-13(9-11)17-14(16-12)10-5-7-15-8-6-10/h3-4,9-10,15H,5-8H2,1-2H3,(H,16,17). The lowest BCUT2D eigenvalue weighted by Crippen LogP contribution is -2.27. The SMILES string of the molecule is CN(C)c1ccc2nc(C3CCNCC3)[nH]c2c1. The van der Waals surface area contributed by atoms with E-state index in [1.54, 1.807) is 0 Å². The molecule has 1 aliphatic heterocycles. The molecule has 0 spiro atoms. The summed E-state index contributed by atoms with van der Waals surface area (Å²) >= 11 is 0. The number of hydrogen-bond donors (Lipinski definition) is 2. The highest BCUT2D eigenvalue weighted by atomic mass is 15.1. The van der Waals surface area contributed by atoms with Gasteiger partial charge in [-0.25, -0.2) is 4.98 Å². The Labute approximate surface area is 107 Å². The van der Waals surface area contributed by atoms with Crippen LogP contribution in [-0.4, -0.2) is 37.2 Å². The first-order valence-corrected chi connectivity index (χ1v) is 6.62. The molecular weight excluding hydrogens is 224 g/mol. The monoisotopic (exact) mass is 244 g/mol. The number of piperidine rings is 1. The molecule has 4 heteroatoms. The molecule has 0 amide bonds. The lowest BCUT2D eigenvalue weighted by atomic mass is 9.98. The van der Waals surface area contributed by atoms with Gasteiger partial charge in [-0.05, 0) is 44.1 Å². The van der Waals surface area contributed by atoms with Crippen molar-refractivity contribution in [3.63, 3.8) is 0 Å². The normalized spacial score (nSPS) is 17.2. The van der Waals surface area contributed by atoms with Gasteiger partial charge >= 0.3 is 0 Å². The number of H-pyrrole nitrogens is 1. The molecule has 0 aliphatic carbocycles. The van der Waals surface area contributed by atoms with Gasteiger partial charge in [0.25, 0.3) is 0 Å². The number of benzene rings is 1.